The second-order valence-electron chi connectivity index (χ2n) is 6.61. The Kier molecular flexibility index (Phi) is 6.61. The van der Waals surface area contributed by atoms with Crippen LogP contribution in [-0.4, -0.2) is 26.3 Å². The van der Waals surface area contributed by atoms with Gasteiger partial charge < -0.3 is 11.1 Å². The molecule has 0 bridgehead atoms. The van der Waals surface area contributed by atoms with Crippen LogP contribution in [0.25, 0.3) is 0 Å². The highest BCUT2D eigenvalue weighted by Crippen LogP contribution is 2.14. The molecule has 0 aliphatic rings. The lowest BCUT2D eigenvalue weighted by Gasteiger charge is -2.19. The molecule has 4 N–H and O–H groups in total. The van der Waals surface area contributed by atoms with E-state index in [0.29, 0.717) is 11.3 Å². The molecule has 0 aliphatic carbocycles. The molecule has 0 saturated heterocycles. The Morgan fingerprint density at radius 3 is 1.97 bits per heavy atom. The van der Waals surface area contributed by atoms with Gasteiger partial charge >= 0.3 is 0 Å². The Hall–Kier alpha value is -3.49. The van der Waals surface area contributed by atoms with Gasteiger partial charge in [0.2, 0.25) is 21.8 Å². The maximum atomic E-state index is 12.9. The van der Waals surface area contributed by atoms with Gasteiger partial charge in [0.1, 0.15) is 6.04 Å². The first-order chi connectivity index (χ1) is 14.3. The molecule has 3 rings (SSSR count). The lowest BCUT2D eigenvalue weighted by Crippen LogP contribution is -2.45. The zero-order valence-corrected chi connectivity index (χ0v) is 16.8. The fraction of sp³-hybridized carbons (Fsp3) is 0.0909. The molecule has 0 fully saturated rings. The summed E-state index contributed by atoms with van der Waals surface area (Å²) < 4.78 is 28.0. The molecule has 2 amide bonds. The second kappa shape index (κ2) is 9.34. The summed E-state index contributed by atoms with van der Waals surface area (Å²) >= 11 is 0. The van der Waals surface area contributed by atoms with E-state index in [1.165, 1.54) is 36.4 Å². The van der Waals surface area contributed by atoms with Crippen molar-refractivity contribution in [1.29, 1.82) is 0 Å². The molecule has 3 aromatic carbocycles. The Morgan fingerprint density at radius 2 is 1.40 bits per heavy atom. The summed E-state index contributed by atoms with van der Waals surface area (Å²) in [6, 6.07) is 22.0. The van der Waals surface area contributed by atoms with Gasteiger partial charge in [0.05, 0.1) is 4.90 Å². The number of nitrogens with one attached hydrogen (secondary N) is 2. The van der Waals surface area contributed by atoms with Gasteiger partial charge in [0.15, 0.2) is 0 Å². The number of hydrogen-bond donors (Lipinski definition) is 3. The van der Waals surface area contributed by atoms with Crippen molar-refractivity contribution >= 4 is 27.5 Å². The van der Waals surface area contributed by atoms with Crippen LogP contribution in [0, 0.1) is 0 Å². The van der Waals surface area contributed by atoms with E-state index in [0.717, 1.165) is 5.56 Å². The Balaban J connectivity index is 1.83. The van der Waals surface area contributed by atoms with Gasteiger partial charge in [-0.3, -0.25) is 9.59 Å². The molecule has 0 heterocycles. The van der Waals surface area contributed by atoms with Gasteiger partial charge in [-0.25, -0.2) is 8.42 Å². The van der Waals surface area contributed by atoms with Crippen LogP contribution in [0.4, 0.5) is 5.69 Å². The molecular formula is C22H21N3O4S. The normalized spacial score (nSPS) is 12.1. The molecule has 0 unspecified atom stereocenters. The molecule has 7 nitrogen and oxygen atoms in total. The third-order valence-electron chi connectivity index (χ3n) is 4.39. The molecule has 0 aromatic heterocycles. The highest BCUT2D eigenvalue weighted by molar-refractivity contribution is 7.89. The van der Waals surface area contributed by atoms with Crippen molar-refractivity contribution in [2.24, 2.45) is 5.73 Å². The number of carbonyl (C=O) groups is 2. The van der Waals surface area contributed by atoms with Crippen molar-refractivity contribution in [3.63, 3.8) is 0 Å². The van der Waals surface area contributed by atoms with E-state index in [1.54, 1.807) is 18.2 Å². The topological polar surface area (TPSA) is 118 Å². The number of sulfonamides is 1. The van der Waals surface area contributed by atoms with Crippen LogP contribution in [0.1, 0.15) is 15.9 Å². The van der Waals surface area contributed by atoms with E-state index in [9.17, 15) is 18.0 Å². The second-order valence-corrected chi connectivity index (χ2v) is 8.32. The molecule has 30 heavy (non-hydrogen) atoms. The fourth-order valence-corrected chi connectivity index (χ4v) is 4.06. The monoisotopic (exact) mass is 423 g/mol. The van der Waals surface area contributed by atoms with Crippen LogP contribution in [0.15, 0.2) is 89.8 Å². The van der Waals surface area contributed by atoms with Crippen LogP contribution < -0.4 is 15.8 Å². The summed E-state index contributed by atoms with van der Waals surface area (Å²) in [4.78, 5) is 24.2. The molecule has 3 aromatic rings. The van der Waals surface area contributed by atoms with Crippen molar-refractivity contribution in [2.45, 2.75) is 17.4 Å². The molecule has 154 valence electrons. The predicted molar refractivity (Wildman–Crippen MR) is 114 cm³/mol. The largest absolute Gasteiger partial charge is 0.366 e. The molecule has 0 aliphatic heterocycles. The minimum Gasteiger partial charge on any atom is -0.366 e. The number of rotatable bonds is 8. The third-order valence-corrected chi connectivity index (χ3v) is 5.87. The number of hydrogen-bond acceptors (Lipinski definition) is 4. The van der Waals surface area contributed by atoms with Gasteiger partial charge in [-0.1, -0.05) is 48.5 Å². The molecule has 1 atom stereocenters. The minimum atomic E-state index is -3.91. The van der Waals surface area contributed by atoms with Crippen LogP contribution in [0.3, 0.4) is 0 Å². The maximum absolute atomic E-state index is 12.9. The van der Waals surface area contributed by atoms with Gasteiger partial charge in [0.25, 0.3) is 0 Å². The molecular weight excluding hydrogens is 402 g/mol. The molecule has 0 spiro atoms. The lowest BCUT2D eigenvalue weighted by molar-refractivity contribution is -0.117. The van der Waals surface area contributed by atoms with Crippen molar-refractivity contribution in [2.75, 3.05) is 5.32 Å². The van der Waals surface area contributed by atoms with Gasteiger partial charge in [-0.05, 0) is 48.4 Å². The molecule has 8 heteroatoms. The number of benzene rings is 3. The highest BCUT2D eigenvalue weighted by atomic mass is 32.2. The quantitative estimate of drug-likeness (QED) is 0.515. The SMILES string of the molecule is NC(=O)c1ccc(NC(=O)[C@H](Cc2ccccc2)NS(=O)(=O)c2ccccc2)cc1. The number of primary amides is 1. The number of nitrogens with two attached hydrogens (primary N) is 1. The third kappa shape index (κ3) is 5.53. The summed E-state index contributed by atoms with van der Waals surface area (Å²) in [5, 5.41) is 2.68. The van der Waals surface area contributed by atoms with E-state index >= 15 is 0 Å². The summed E-state index contributed by atoms with van der Waals surface area (Å²) in [6.07, 6.45) is 0.165. The van der Waals surface area contributed by atoms with Crippen molar-refractivity contribution in [3.8, 4) is 0 Å². The van der Waals surface area contributed by atoms with Gasteiger partial charge in [0, 0.05) is 11.3 Å². The number of carbonyl (C=O) groups excluding carboxylic acids is 2. The first kappa shape index (κ1) is 21.2. The summed E-state index contributed by atoms with van der Waals surface area (Å²) in [5.74, 6) is -1.10. The van der Waals surface area contributed by atoms with Crippen LogP contribution in [-0.2, 0) is 21.2 Å². The van der Waals surface area contributed by atoms with E-state index in [2.05, 4.69) is 10.0 Å². The van der Waals surface area contributed by atoms with Crippen molar-refractivity contribution in [1.82, 2.24) is 4.72 Å². The van der Waals surface area contributed by atoms with Crippen LogP contribution in [0.2, 0.25) is 0 Å². The fourth-order valence-electron chi connectivity index (χ4n) is 2.84. The minimum absolute atomic E-state index is 0.0710. The average molecular weight is 423 g/mol. The highest BCUT2D eigenvalue weighted by Gasteiger charge is 2.26. The van der Waals surface area contributed by atoms with E-state index in [4.69, 9.17) is 5.73 Å². The van der Waals surface area contributed by atoms with Crippen LogP contribution in [0.5, 0.6) is 0 Å². The first-order valence-corrected chi connectivity index (χ1v) is 10.7. The zero-order valence-electron chi connectivity index (χ0n) is 16.0. The first-order valence-electron chi connectivity index (χ1n) is 9.17. The molecule has 0 saturated carbocycles. The summed E-state index contributed by atoms with van der Waals surface area (Å²) in [5.41, 5.74) is 6.75. The smallest absolute Gasteiger partial charge is 0.248 e. The average Bonchev–Trinajstić information content (AvgIpc) is 2.75. The Morgan fingerprint density at radius 1 is 0.833 bits per heavy atom. The zero-order chi connectivity index (χ0) is 21.6. The summed E-state index contributed by atoms with van der Waals surface area (Å²) in [6.45, 7) is 0. The van der Waals surface area contributed by atoms with Gasteiger partial charge in [-0.15, -0.1) is 0 Å². The van der Waals surface area contributed by atoms with Gasteiger partial charge in [-0.2, -0.15) is 4.72 Å². The van der Waals surface area contributed by atoms with E-state index in [1.807, 2.05) is 30.3 Å². The van der Waals surface area contributed by atoms with Crippen LogP contribution >= 0.6 is 0 Å². The number of amides is 2. The van der Waals surface area contributed by atoms with Crippen molar-refractivity contribution < 1.29 is 18.0 Å². The van der Waals surface area contributed by atoms with E-state index < -0.39 is 27.9 Å². The van der Waals surface area contributed by atoms with E-state index in [-0.39, 0.29) is 11.3 Å². The molecule has 0 radical (unpaired) electrons. The lowest BCUT2D eigenvalue weighted by atomic mass is 10.1. The Bertz CT molecular complexity index is 1120. The standard InChI is InChI=1S/C22H21N3O4S/c23-21(26)17-11-13-18(14-12-17)24-22(27)20(15-16-7-3-1-4-8-16)25-30(28,29)19-9-5-2-6-10-19/h1-14,20,25H,15H2,(H2,23,26)(H,24,27)/t20-/m0/s1. The maximum Gasteiger partial charge on any atom is 0.248 e. The van der Waals surface area contributed by atoms with Crippen molar-refractivity contribution in [3.05, 3.63) is 96.1 Å². The predicted octanol–water partition coefficient (Wildman–Crippen LogP) is 2.31. The number of anilines is 1. The summed E-state index contributed by atoms with van der Waals surface area (Å²) in [7, 11) is -3.91. The Labute approximate surface area is 175 Å².